The Morgan fingerprint density at radius 3 is 2.58 bits per heavy atom. The van der Waals surface area contributed by atoms with E-state index in [2.05, 4.69) is 4.98 Å². The molecule has 2 saturated heterocycles. The van der Waals surface area contributed by atoms with E-state index in [1.807, 2.05) is 66.5 Å². The van der Waals surface area contributed by atoms with E-state index in [4.69, 9.17) is 23.8 Å². The number of amides is 2. The molecule has 3 aliphatic rings. The number of anilines is 1. The highest BCUT2D eigenvalue weighted by atomic mass is 35.5. The topological polar surface area (TPSA) is 56.8 Å². The molecule has 1 aromatic heterocycles. The molecule has 2 amide bonds. The zero-order valence-electron chi connectivity index (χ0n) is 19.7. The van der Waals surface area contributed by atoms with Crippen LogP contribution in [0.5, 0.6) is 0 Å². The third-order valence-corrected chi connectivity index (χ3v) is 9.86. The molecule has 1 unspecified atom stereocenters. The second kappa shape index (κ2) is 8.38. The van der Waals surface area contributed by atoms with Crippen LogP contribution in [0.25, 0.3) is 0 Å². The van der Waals surface area contributed by atoms with Gasteiger partial charge in [0.2, 0.25) is 5.91 Å². The molecule has 6 rings (SSSR count). The molecule has 3 aliphatic heterocycles. The van der Waals surface area contributed by atoms with Crippen LogP contribution < -0.4 is 4.90 Å². The van der Waals surface area contributed by atoms with Crippen molar-refractivity contribution < 1.29 is 9.59 Å². The lowest BCUT2D eigenvalue weighted by Gasteiger charge is -2.42. The third-order valence-electron chi connectivity index (χ3n) is 7.68. The Morgan fingerprint density at radius 2 is 1.86 bits per heavy atom. The van der Waals surface area contributed by atoms with Crippen molar-refractivity contribution in [3.8, 4) is 0 Å². The predicted molar refractivity (Wildman–Crippen MR) is 146 cm³/mol. The first-order valence-electron chi connectivity index (χ1n) is 11.6. The van der Waals surface area contributed by atoms with Gasteiger partial charge in [0.15, 0.2) is 5.54 Å². The summed E-state index contributed by atoms with van der Waals surface area (Å²) < 4.78 is -0.754. The minimum atomic E-state index is -1.28. The second-order valence-corrected chi connectivity index (χ2v) is 11.8. The van der Waals surface area contributed by atoms with E-state index in [1.54, 1.807) is 35.3 Å². The maximum absolute atomic E-state index is 14.7. The fourth-order valence-corrected chi connectivity index (χ4v) is 8.45. The molecule has 0 N–H and O–H groups in total. The molecule has 0 saturated carbocycles. The van der Waals surface area contributed by atoms with Crippen LogP contribution in [0.3, 0.4) is 0 Å². The molecule has 182 valence electrons. The van der Waals surface area contributed by atoms with Crippen LogP contribution in [-0.2, 0) is 21.7 Å². The molecule has 0 radical (unpaired) electrons. The summed E-state index contributed by atoms with van der Waals surface area (Å²) in [6.07, 6.45) is 3.50. The van der Waals surface area contributed by atoms with Crippen LogP contribution in [-0.4, -0.2) is 56.3 Å². The first kappa shape index (κ1) is 23.6. The molecule has 9 heteroatoms. The molecular formula is C27H23ClN4O2S2. The van der Waals surface area contributed by atoms with Crippen molar-refractivity contribution in [2.24, 2.45) is 0 Å². The Kier molecular flexibility index (Phi) is 5.50. The zero-order chi connectivity index (χ0) is 25.2. The van der Waals surface area contributed by atoms with E-state index >= 15 is 0 Å². The monoisotopic (exact) mass is 534 g/mol. The van der Waals surface area contributed by atoms with E-state index in [-0.39, 0.29) is 17.7 Å². The quantitative estimate of drug-likeness (QED) is 0.463. The van der Waals surface area contributed by atoms with Gasteiger partial charge in [0.25, 0.3) is 5.91 Å². The van der Waals surface area contributed by atoms with Crippen molar-refractivity contribution in [2.45, 2.75) is 22.7 Å². The molecule has 6 nitrogen and oxygen atoms in total. The number of thioether (sulfide) groups is 1. The normalized spacial score (nSPS) is 27.6. The molecule has 2 spiro atoms. The average molecular weight is 535 g/mol. The van der Waals surface area contributed by atoms with E-state index in [9.17, 15) is 9.59 Å². The Balaban J connectivity index is 1.60. The highest BCUT2D eigenvalue weighted by Gasteiger charge is 2.78. The lowest BCUT2D eigenvalue weighted by atomic mass is 9.72. The number of likely N-dealkylation sites (tertiary alicyclic amines) is 1. The van der Waals surface area contributed by atoms with Crippen molar-refractivity contribution in [3.63, 3.8) is 0 Å². The summed E-state index contributed by atoms with van der Waals surface area (Å²) in [5, 5.41) is 0.517. The Bertz CT molecular complexity index is 1410. The summed E-state index contributed by atoms with van der Waals surface area (Å²) in [7, 11) is 3.67. The molecule has 2 fully saturated rings. The summed E-state index contributed by atoms with van der Waals surface area (Å²) >= 11 is 13.7. The van der Waals surface area contributed by atoms with E-state index in [0.29, 0.717) is 22.4 Å². The number of pyridine rings is 1. The van der Waals surface area contributed by atoms with E-state index < -0.39 is 10.3 Å². The van der Waals surface area contributed by atoms with Crippen LogP contribution >= 0.6 is 35.6 Å². The fraction of sp³-hybridized carbons (Fsp3) is 0.259. The fourth-order valence-electron chi connectivity index (χ4n) is 6.15. The first-order chi connectivity index (χ1) is 17.3. The number of hydrogen-bond acceptors (Lipinski definition) is 6. The van der Waals surface area contributed by atoms with Gasteiger partial charge >= 0.3 is 0 Å². The number of hydrogen-bond donors (Lipinski definition) is 0. The van der Waals surface area contributed by atoms with Gasteiger partial charge in [-0.05, 0) is 42.4 Å². The summed E-state index contributed by atoms with van der Waals surface area (Å²) in [5.74, 6) is -0.636. The van der Waals surface area contributed by atoms with Crippen molar-refractivity contribution in [1.82, 2.24) is 14.8 Å². The van der Waals surface area contributed by atoms with Crippen molar-refractivity contribution in [3.05, 3.63) is 94.8 Å². The SMILES string of the molecule is CN1C(=O)[C@@]2(c3cc(Cl)ccc31)N(C)CC(c1cccnc1)[C@@]21SC(=S)N(Cc2ccccc2)C1=O. The summed E-state index contributed by atoms with van der Waals surface area (Å²) in [4.78, 5) is 38.8. The van der Waals surface area contributed by atoms with Gasteiger partial charge in [-0.25, -0.2) is 0 Å². The number of benzene rings is 2. The zero-order valence-corrected chi connectivity index (χ0v) is 22.1. The van der Waals surface area contributed by atoms with Gasteiger partial charge in [-0.1, -0.05) is 72.0 Å². The van der Waals surface area contributed by atoms with Gasteiger partial charge in [-0.3, -0.25) is 24.4 Å². The summed E-state index contributed by atoms with van der Waals surface area (Å²) in [5.41, 5.74) is 2.09. The lowest BCUT2D eigenvalue weighted by molar-refractivity contribution is -0.139. The number of likely N-dealkylation sites (N-methyl/N-ethyl adjacent to an activating group) is 2. The number of thiocarbonyl (C=S) groups is 1. The Hall–Kier alpha value is -2.78. The maximum Gasteiger partial charge on any atom is 0.254 e. The average Bonchev–Trinajstić information content (AvgIpc) is 3.38. The molecule has 3 atom stereocenters. The largest absolute Gasteiger partial charge is 0.313 e. The molecule has 0 bridgehead atoms. The van der Waals surface area contributed by atoms with Crippen molar-refractivity contribution >= 4 is 57.4 Å². The van der Waals surface area contributed by atoms with Crippen molar-refractivity contribution in [1.29, 1.82) is 0 Å². The smallest absolute Gasteiger partial charge is 0.254 e. The van der Waals surface area contributed by atoms with Gasteiger partial charge in [-0.15, -0.1) is 0 Å². The van der Waals surface area contributed by atoms with Gasteiger partial charge in [-0.2, -0.15) is 0 Å². The second-order valence-electron chi connectivity index (χ2n) is 9.44. The minimum Gasteiger partial charge on any atom is -0.313 e. The van der Waals surface area contributed by atoms with Crippen LogP contribution in [0.15, 0.2) is 73.1 Å². The van der Waals surface area contributed by atoms with Gasteiger partial charge in [0, 0.05) is 48.2 Å². The van der Waals surface area contributed by atoms with Crippen LogP contribution in [0.1, 0.15) is 22.6 Å². The van der Waals surface area contributed by atoms with Gasteiger partial charge < -0.3 is 4.90 Å². The molecule has 4 heterocycles. The van der Waals surface area contributed by atoms with Crippen LogP contribution in [0.4, 0.5) is 5.69 Å². The molecule has 2 aromatic carbocycles. The predicted octanol–water partition coefficient (Wildman–Crippen LogP) is 4.44. The highest BCUT2D eigenvalue weighted by molar-refractivity contribution is 8.25. The molecule has 3 aromatic rings. The number of rotatable bonds is 3. The standard InChI is InChI=1S/C27H23ClN4O2S2/c1-30-16-21(18-9-6-12-29-14-18)27(24(34)32(25(35)36-27)15-17-7-4-3-5-8-17)26(30)20-13-19(28)10-11-22(20)31(2)23(26)33/h3-14,21H,15-16H2,1-2H3/t21?,26-,27+/m1/s1. The number of aromatic nitrogens is 1. The van der Waals surface area contributed by atoms with E-state index in [0.717, 1.165) is 22.4 Å². The number of carbonyl (C=O) groups is 2. The lowest BCUT2D eigenvalue weighted by Crippen LogP contribution is -2.62. The van der Waals surface area contributed by atoms with Crippen LogP contribution in [0.2, 0.25) is 5.02 Å². The minimum absolute atomic E-state index is 0.154. The highest BCUT2D eigenvalue weighted by Crippen LogP contribution is 2.66. The Labute approximate surface area is 224 Å². The molecule has 36 heavy (non-hydrogen) atoms. The maximum atomic E-state index is 14.7. The van der Waals surface area contributed by atoms with E-state index in [1.165, 1.54) is 11.8 Å². The number of halogens is 1. The molecule has 0 aliphatic carbocycles. The third kappa shape index (κ3) is 2.96. The number of fused-ring (bicyclic) bond motifs is 3. The van der Waals surface area contributed by atoms with Crippen LogP contribution in [0, 0.1) is 0 Å². The van der Waals surface area contributed by atoms with Gasteiger partial charge in [0.05, 0.1) is 6.54 Å². The molecular weight excluding hydrogens is 512 g/mol. The number of nitrogens with zero attached hydrogens (tertiary/aromatic N) is 4. The number of carbonyl (C=O) groups excluding carboxylic acids is 2. The first-order valence-corrected chi connectivity index (χ1v) is 13.2. The summed E-state index contributed by atoms with van der Waals surface area (Å²) in [6, 6.07) is 19.1. The Morgan fingerprint density at radius 1 is 1.08 bits per heavy atom. The van der Waals surface area contributed by atoms with Crippen molar-refractivity contribution in [2.75, 3.05) is 25.5 Å². The summed E-state index contributed by atoms with van der Waals surface area (Å²) in [6.45, 7) is 0.830. The van der Waals surface area contributed by atoms with Gasteiger partial charge in [0.1, 0.15) is 9.07 Å².